The Bertz CT molecular complexity index is 1830. The molecular formula is C44H58O13. The van der Waals surface area contributed by atoms with E-state index in [-0.39, 0.29) is 48.9 Å². The van der Waals surface area contributed by atoms with E-state index >= 15 is 0 Å². The molecule has 9 aliphatic rings. The summed E-state index contributed by atoms with van der Waals surface area (Å²) in [5.41, 5.74) is -8.82. The lowest BCUT2D eigenvalue weighted by atomic mass is 9.49. The minimum atomic E-state index is -2.21. The van der Waals surface area contributed by atoms with Gasteiger partial charge in [0.2, 0.25) is 0 Å². The fraction of sp³-hybridized carbons (Fsp3) is 0.727. The highest BCUT2D eigenvalue weighted by atomic mass is 16.9. The molecule has 312 valence electrons. The molecule has 0 aromatic heterocycles. The summed E-state index contributed by atoms with van der Waals surface area (Å²) in [6.45, 7) is 10.6. The van der Waals surface area contributed by atoms with Crippen molar-refractivity contribution in [3.63, 3.8) is 0 Å². The van der Waals surface area contributed by atoms with Crippen molar-refractivity contribution >= 4 is 11.9 Å². The van der Waals surface area contributed by atoms with E-state index in [9.17, 15) is 35.1 Å². The highest BCUT2D eigenvalue weighted by molar-refractivity contribution is 5.82. The van der Waals surface area contributed by atoms with E-state index in [0.717, 1.165) is 0 Å². The summed E-state index contributed by atoms with van der Waals surface area (Å²) >= 11 is 0. The lowest BCUT2D eigenvalue weighted by molar-refractivity contribution is -0.595. The monoisotopic (exact) mass is 794 g/mol. The summed E-state index contributed by atoms with van der Waals surface area (Å²) in [5, 5.41) is 63.3. The van der Waals surface area contributed by atoms with Crippen LogP contribution in [0.15, 0.2) is 54.6 Å². The minimum absolute atomic E-state index is 0.0620. The van der Waals surface area contributed by atoms with Crippen molar-refractivity contribution in [2.24, 2.45) is 47.3 Å². The van der Waals surface area contributed by atoms with Gasteiger partial charge in [-0.05, 0) is 62.4 Å². The maximum Gasteiger partial charge on any atom is 0.331 e. The molecular weight excluding hydrogens is 736 g/mol. The normalized spacial score (nSPS) is 53.8. The van der Waals surface area contributed by atoms with Gasteiger partial charge in [-0.15, -0.1) is 0 Å². The van der Waals surface area contributed by atoms with E-state index in [0.29, 0.717) is 18.4 Å². The standard InChI is InChI=1S/C44H58O13/c1-22(2)18-32(47)52-29-14-10-11-15-31(46)53-34-23(3)19-30-41(34,50)38(48)40(21-45)36(54-40)33-37-43(51,39(6,49)20-26-16-17-28(29)24(26)4)35-25(5)42(30,33)57-44(55-35,56-37)27-12-8-7-9-13-27/h7-15,22-26,28-30,33-38,45,48-51H,16-21H2,1-6H3/b14-10?,15-11+/t23-,24-,25+,26+,28-,29+,30+,33-,34-,35-,36-,37+,38+,39+,40-,41+,42-,43-,44-/m0/s1. The summed E-state index contributed by atoms with van der Waals surface area (Å²) in [4.78, 5) is 26.7. The number of hydrogen-bond acceptors (Lipinski definition) is 13. The van der Waals surface area contributed by atoms with Crippen LogP contribution in [0.5, 0.6) is 0 Å². The van der Waals surface area contributed by atoms with Gasteiger partial charge in [0.25, 0.3) is 0 Å². The highest BCUT2D eigenvalue weighted by Gasteiger charge is 2.91. The van der Waals surface area contributed by atoms with Crippen molar-refractivity contribution in [1.82, 2.24) is 0 Å². The smallest absolute Gasteiger partial charge is 0.331 e. The van der Waals surface area contributed by atoms with Crippen molar-refractivity contribution < 1.29 is 63.5 Å². The summed E-state index contributed by atoms with van der Waals surface area (Å²) in [6, 6.07) is 9.04. The maximum absolute atomic E-state index is 13.7. The van der Waals surface area contributed by atoms with Crippen LogP contribution in [0.1, 0.15) is 79.2 Å². The number of aliphatic hydroxyl groups is 5. The van der Waals surface area contributed by atoms with Crippen LogP contribution in [-0.2, 0) is 44.0 Å². The molecule has 19 atom stereocenters. The number of aliphatic hydroxyl groups excluding tert-OH is 2. The van der Waals surface area contributed by atoms with Gasteiger partial charge in [-0.1, -0.05) is 77.1 Å². The Morgan fingerprint density at radius 3 is 2.39 bits per heavy atom. The quantitative estimate of drug-likeness (QED) is 0.216. The first-order chi connectivity index (χ1) is 26.9. The third-order valence-corrected chi connectivity index (χ3v) is 15.8. The zero-order chi connectivity index (χ0) is 40.7. The molecule has 57 heavy (non-hydrogen) atoms. The molecule has 4 saturated heterocycles. The van der Waals surface area contributed by atoms with Gasteiger partial charge in [-0.25, -0.2) is 4.79 Å². The highest BCUT2D eigenvalue weighted by Crippen LogP contribution is 2.75. The van der Waals surface area contributed by atoms with Crippen molar-refractivity contribution in [2.75, 3.05) is 6.61 Å². The van der Waals surface area contributed by atoms with E-state index < -0.39 is 107 Å². The predicted octanol–water partition coefficient (Wildman–Crippen LogP) is 3.04. The molecule has 4 aliphatic carbocycles. The number of carbonyl (C=O) groups excluding carboxylic acids is 2. The van der Waals surface area contributed by atoms with E-state index in [4.69, 9.17) is 28.4 Å². The van der Waals surface area contributed by atoms with E-state index in [1.807, 2.05) is 45.9 Å². The third-order valence-electron chi connectivity index (χ3n) is 15.8. The Hall–Kier alpha value is -2.72. The largest absolute Gasteiger partial charge is 0.458 e. The first kappa shape index (κ1) is 39.7. The van der Waals surface area contributed by atoms with E-state index in [1.165, 1.54) is 12.2 Å². The first-order valence-corrected chi connectivity index (χ1v) is 20.9. The minimum Gasteiger partial charge on any atom is -0.458 e. The molecule has 0 amide bonds. The van der Waals surface area contributed by atoms with Crippen molar-refractivity contribution in [2.45, 2.75) is 144 Å². The Balaban J connectivity index is 1.22. The van der Waals surface area contributed by atoms with Gasteiger partial charge in [0.05, 0.1) is 17.8 Å². The van der Waals surface area contributed by atoms with Gasteiger partial charge in [-0.3, -0.25) is 4.79 Å². The molecule has 0 radical (unpaired) electrons. The predicted molar refractivity (Wildman–Crippen MR) is 200 cm³/mol. The molecule has 4 saturated carbocycles. The van der Waals surface area contributed by atoms with Gasteiger partial charge >= 0.3 is 17.9 Å². The Kier molecular flexibility index (Phi) is 9.16. The number of allylic oxidation sites excluding steroid dienone is 2. The van der Waals surface area contributed by atoms with Crippen LogP contribution >= 0.6 is 0 Å². The lowest BCUT2D eigenvalue weighted by Crippen LogP contribution is -2.89. The average Bonchev–Trinajstić information content (AvgIpc) is 3.72. The first-order valence-electron chi connectivity index (χ1n) is 20.9. The van der Waals surface area contributed by atoms with Crippen LogP contribution in [0.4, 0.5) is 0 Å². The molecule has 5 N–H and O–H groups in total. The molecule has 1 spiro atoms. The van der Waals surface area contributed by atoms with Gasteiger partial charge in [0.1, 0.15) is 53.4 Å². The number of esters is 2. The lowest BCUT2D eigenvalue weighted by Gasteiger charge is -2.74. The van der Waals surface area contributed by atoms with Crippen LogP contribution in [0.3, 0.4) is 0 Å². The number of rotatable bonds is 5. The fourth-order valence-corrected chi connectivity index (χ4v) is 13.0. The second-order valence-electron chi connectivity index (χ2n) is 19.3. The number of ether oxygens (including phenoxy) is 6. The molecule has 5 heterocycles. The topological polar surface area (TPSA) is 194 Å². The molecule has 10 bridgehead atoms. The molecule has 13 nitrogen and oxygen atoms in total. The molecule has 1 aromatic carbocycles. The number of hydrogen-bond donors (Lipinski definition) is 5. The Morgan fingerprint density at radius 1 is 0.965 bits per heavy atom. The van der Waals surface area contributed by atoms with Gasteiger partial charge < -0.3 is 54.0 Å². The zero-order valence-electron chi connectivity index (χ0n) is 33.5. The number of fused-ring (bicyclic) bond motifs is 3. The van der Waals surface area contributed by atoms with E-state index in [1.54, 1.807) is 31.2 Å². The Morgan fingerprint density at radius 2 is 1.68 bits per heavy atom. The molecule has 5 aliphatic heterocycles. The Labute approximate surface area is 333 Å². The number of carbonyl (C=O) groups is 2. The maximum atomic E-state index is 13.7. The zero-order valence-corrected chi connectivity index (χ0v) is 33.5. The summed E-state index contributed by atoms with van der Waals surface area (Å²) in [7, 11) is 0. The second-order valence-corrected chi connectivity index (χ2v) is 19.3. The van der Waals surface area contributed by atoms with Crippen LogP contribution < -0.4 is 0 Å². The van der Waals surface area contributed by atoms with Gasteiger partial charge in [0.15, 0.2) is 0 Å². The second kappa shape index (κ2) is 13.1. The summed E-state index contributed by atoms with van der Waals surface area (Å²) in [5.74, 6) is -6.33. The number of benzene rings is 1. The van der Waals surface area contributed by atoms with Gasteiger partial charge in [-0.2, -0.15) is 0 Å². The molecule has 0 unspecified atom stereocenters. The number of epoxide rings is 1. The summed E-state index contributed by atoms with van der Waals surface area (Å²) < 4.78 is 39.5. The third kappa shape index (κ3) is 5.26. The molecule has 8 fully saturated rings. The van der Waals surface area contributed by atoms with Crippen LogP contribution in [0.25, 0.3) is 0 Å². The average molecular weight is 795 g/mol. The molecule has 13 heteroatoms. The van der Waals surface area contributed by atoms with Crippen molar-refractivity contribution in [1.29, 1.82) is 0 Å². The van der Waals surface area contributed by atoms with E-state index in [2.05, 4.69) is 6.92 Å². The van der Waals surface area contributed by atoms with Crippen LogP contribution in [0, 0.1) is 47.3 Å². The molecule has 10 rings (SSSR count). The van der Waals surface area contributed by atoms with Crippen molar-refractivity contribution in [3.8, 4) is 0 Å². The van der Waals surface area contributed by atoms with Crippen LogP contribution in [-0.4, -0.2) is 109 Å². The van der Waals surface area contributed by atoms with Crippen LogP contribution in [0.2, 0.25) is 0 Å². The van der Waals surface area contributed by atoms with Gasteiger partial charge in [0, 0.05) is 41.7 Å². The summed E-state index contributed by atoms with van der Waals surface area (Å²) in [6.07, 6.45) is 1.15. The fourth-order valence-electron chi connectivity index (χ4n) is 13.0. The van der Waals surface area contributed by atoms with Crippen molar-refractivity contribution in [3.05, 3.63) is 60.2 Å². The molecule has 1 aromatic rings. The SMILES string of the molecule is CC(C)CC(=O)O[C@@H]1C=C/C=C/C(=O)O[C@H]2[C@@H](C)C[C@@H]3[C@]2(O)[C@H](O)[C@@]2(CO)O[C@H]2[C@H]2[C@H]4O[C@]5(c6ccccc6)O[C@@H]([C@@H](C)[C@@]23O5)[C@@]4(O)[C@](C)(O)C[C@H]2CC[C@H]1[C@H]2C.